The van der Waals surface area contributed by atoms with Gasteiger partial charge in [0.15, 0.2) is 5.82 Å². The van der Waals surface area contributed by atoms with Crippen molar-refractivity contribution in [3.8, 4) is 40.3 Å². The van der Waals surface area contributed by atoms with Crippen LogP contribution < -0.4 is 15.4 Å². The number of piperidine rings is 1. The summed E-state index contributed by atoms with van der Waals surface area (Å²) in [7, 11) is -0.836. The average molecular weight is 965 g/mol. The first kappa shape index (κ1) is 50.1. The number of nitrogens with one attached hydrogen (secondary N) is 2. The number of likely N-dealkylation sites (tertiary alicyclic amines) is 1. The van der Waals surface area contributed by atoms with Gasteiger partial charge < -0.3 is 44.9 Å². The number of hydrogen-bond acceptors (Lipinski definition) is 13. The van der Waals surface area contributed by atoms with Crippen molar-refractivity contribution in [2.45, 2.75) is 109 Å². The molecule has 2 aromatic heterocycles. The molecule has 8 rings (SSSR count). The van der Waals surface area contributed by atoms with E-state index in [1.165, 1.54) is 29.2 Å². The van der Waals surface area contributed by atoms with Crippen LogP contribution in [0.25, 0.3) is 17.1 Å². The van der Waals surface area contributed by atoms with Gasteiger partial charge in [0.1, 0.15) is 40.7 Å². The highest BCUT2D eigenvalue weighted by atomic mass is 16.7. The van der Waals surface area contributed by atoms with Gasteiger partial charge in [-0.2, -0.15) is 0 Å². The molecule has 71 heavy (non-hydrogen) atoms. The van der Waals surface area contributed by atoms with Gasteiger partial charge in [-0.05, 0) is 98.2 Å². The zero-order chi connectivity index (χ0) is 50.6. The highest BCUT2D eigenvalue weighted by Crippen LogP contribution is 2.46. The highest BCUT2D eigenvalue weighted by molar-refractivity contribution is 6.48. The molecule has 2 aliphatic heterocycles. The number of aromatic hydroxyl groups is 3. The lowest BCUT2D eigenvalue weighted by Crippen LogP contribution is -2.55. The van der Waals surface area contributed by atoms with E-state index in [2.05, 4.69) is 44.6 Å². The number of hydrogen-bond donors (Lipinski definition) is 5. The molecule has 4 aromatic carbocycles. The van der Waals surface area contributed by atoms with Crippen LogP contribution in [0.15, 0.2) is 110 Å². The van der Waals surface area contributed by atoms with Crippen LogP contribution in [0.1, 0.15) is 111 Å². The SMILES string of the molecule is CC(C)C[C@H](NC(=O)[C@H](Cc1ccccc1)NC(=O)c1cnccn1)B1OC(C)(C)C(C)(c2ccc(C(=O)N3CCC(Oc4ccc(-n5c(O)nnc5-c5cc(C(C)C)c(O)cc5O)cc4)CC3)cc2)O1. The Kier molecular flexibility index (Phi) is 14.8. The highest BCUT2D eigenvalue weighted by Gasteiger charge is 2.57. The summed E-state index contributed by atoms with van der Waals surface area (Å²) in [5, 5.41) is 45.7. The Balaban J connectivity index is 0.888. The second-order valence-corrected chi connectivity index (χ2v) is 19.6. The Labute approximate surface area is 413 Å². The first-order valence-corrected chi connectivity index (χ1v) is 24.0. The number of aromatic nitrogens is 5. The van der Waals surface area contributed by atoms with Crippen LogP contribution in [0.2, 0.25) is 0 Å². The van der Waals surface area contributed by atoms with Gasteiger partial charge in [0, 0.05) is 56.4 Å². The van der Waals surface area contributed by atoms with Gasteiger partial charge in [-0.15, -0.1) is 5.10 Å². The average Bonchev–Trinajstić information content (AvgIpc) is 3.86. The van der Waals surface area contributed by atoms with E-state index < -0.39 is 36.2 Å². The third-order valence-electron chi connectivity index (χ3n) is 13.5. The maximum Gasteiger partial charge on any atom is 0.482 e. The van der Waals surface area contributed by atoms with Crippen molar-refractivity contribution < 1.29 is 43.7 Å². The summed E-state index contributed by atoms with van der Waals surface area (Å²) in [5.41, 5.74) is 1.95. The van der Waals surface area contributed by atoms with E-state index in [1.807, 2.05) is 94.1 Å². The van der Waals surface area contributed by atoms with Crippen LogP contribution in [0.3, 0.4) is 0 Å². The van der Waals surface area contributed by atoms with E-state index in [-0.39, 0.29) is 65.2 Å². The molecule has 0 bridgehead atoms. The number of phenolic OH excluding ortho intramolecular Hbond substituents is 2. The number of rotatable bonds is 16. The smallest absolute Gasteiger partial charge is 0.482 e. The van der Waals surface area contributed by atoms with Crippen molar-refractivity contribution in [1.29, 1.82) is 0 Å². The Hall–Kier alpha value is -7.31. The fourth-order valence-corrected chi connectivity index (χ4v) is 9.20. The van der Waals surface area contributed by atoms with Crippen LogP contribution in [-0.4, -0.2) is 107 Å². The normalized spacial score (nSPS) is 17.8. The maximum absolute atomic E-state index is 14.2. The van der Waals surface area contributed by atoms with Crippen molar-refractivity contribution >= 4 is 24.8 Å². The minimum absolute atomic E-state index is 0.0285. The monoisotopic (exact) mass is 964 g/mol. The second kappa shape index (κ2) is 21.0. The molecule has 0 aliphatic carbocycles. The van der Waals surface area contributed by atoms with Crippen LogP contribution >= 0.6 is 0 Å². The molecule has 0 spiro atoms. The van der Waals surface area contributed by atoms with Crippen molar-refractivity contribution in [3.63, 3.8) is 0 Å². The van der Waals surface area contributed by atoms with Gasteiger partial charge in [-0.1, -0.05) is 75.3 Å². The zero-order valence-corrected chi connectivity index (χ0v) is 41.1. The second-order valence-electron chi connectivity index (χ2n) is 19.6. The predicted molar refractivity (Wildman–Crippen MR) is 266 cm³/mol. The molecule has 2 aliphatic rings. The molecular weight excluding hydrogens is 903 g/mol. The Morgan fingerprint density at radius 1 is 0.845 bits per heavy atom. The predicted octanol–water partition coefficient (Wildman–Crippen LogP) is 7.29. The van der Waals surface area contributed by atoms with Gasteiger partial charge in [0.05, 0.1) is 29.0 Å². The number of nitrogens with zero attached hydrogens (tertiary/aromatic N) is 6. The van der Waals surface area contributed by atoms with Crippen molar-refractivity contribution in [2.24, 2.45) is 5.92 Å². The van der Waals surface area contributed by atoms with Gasteiger partial charge in [0.25, 0.3) is 11.8 Å². The summed E-state index contributed by atoms with van der Waals surface area (Å²) < 4.78 is 21.2. The molecule has 18 heteroatoms. The van der Waals surface area contributed by atoms with E-state index in [1.54, 1.807) is 30.3 Å². The molecule has 1 unspecified atom stereocenters. The minimum atomic E-state index is -0.970. The third-order valence-corrected chi connectivity index (χ3v) is 13.5. The number of ether oxygens (including phenoxy) is 1. The lowest BCUT2D eigenvalue weighted by molar-refractivity contribution is -0.123. The van der Waals surface area contributed by atoms with Gasteiger partial charge in [-0.25, -0.2) is 9.55 Å². The molecule has 6 aromatic rings. The van der Waals surface area contributed by atoms with Crippen molar-refractivity contribution in [1.82, 2.24) is 40.3 Å². The largest absolute Gasteiger partial charge is 0.508 e. The molecule has 2 fully saturated rings. The summed E-state index contributed by atoms with van der Waals surface area (Å²) >= 11 is 0. The van der Waals surface area contributed by atoms with E-state index in [4.69, 9.17) is 14.0 Å². The number of benzene rings is 4. The number of carbonyl (C=O) groups excluding carboxylic acids is 3. The Bertz CT molecular complexity index is 2820. The van der Waals surface area contributed by atoms with E-state index in [0.717, 1.165) is 11.1 Å². The Morgan fingerprint density at radius 2 is 1.55 bits per heavy atom. The first-order chi connectivity index (χ1) is 33.9. The summed E-state index contributed by atoms with van der Waals surface area (Å²) in [5.74, 6) is -0.854. The van der Waals surface area contributed by atoms with Crippen LogP contribution in [0.5, 0.6) is 23.3 Å². The summed E-state index contributed by atoms with van der Waals surface area (Å²) in [6, 6.07) is 25.6. The Morgan fingerprint density at radius 3 is 2.20 bits per heavy atom. The maximum atomic E-state index is 14.2. The lowest BCUT2D eigenvalue weighted by atomic mass is 9.73. The van der Waals surface area contributed by atoms with Crippen LogP contribution in [0.4, 0.5) is 0 Å². The van der Waals surface area contributed by atoms with Gasteiger partial charge >= 0.3 is 13.1 Å². The van der Waals surface area contributed by atoms with E-state index in [0.29, 0.717) is 60.5 Å². The van der Waals surface area contributed by atoms with Crippen LogP contribution in [-0.2, 0) is 26.1 Å². The molecule has 3 amide bonds. The minimum Gasteiger partial charge on any atom is -0.508 e. The first-order valence-electron chi connectivity index (χ1n) is 24.0. The molecule has 2 saturated heterocycles. The zero-order valence-electron chi connectivity index (χ0n) is 41.1. The van der Waals surface area contributed by atoms with Gasteiger partial charge in [-0.3, -0.25) is 19.4 Å². The molecule has 17 nitrogen and oxygen atoms in total. The molecule has 370 valence electrons. The van der Waals surface area contributed by atoms with Crippen LogP contribution in [0, 0.1) is 5.92 Å². The summed E-state index contributed by atoms with van der Waals surface area (Å²) in [6.45, 7) is 14.8. The fraction of sp³-hybridized carbons (Fsp3) is 0.377. The molecule has 0 radical (unpaired) electrons. The topological polar surface area (TPSA) is 223 Å². The number of amides is 3. The quantitative estimate of drug-likeness (QED) is 0.0602. The van der Waals surface area contributed by atoms with Crippen molar-refractivity contribution in [2.75, 3.05) is 13.1 Å². The van der Waals surface area contributed by atoms with E-state index in [9.17, 15) is 29.7 Å². The lowest BCUT2D eigenvalue weighted by Gasteiger charge is -2.37. The summed E-state index contributed by atoms with van der Waals surface area (Å²) in [6.07, 6.45) is 6.14. The van der Waals surface area contributed by atoms with Crippen molar-refractivity contribution in [3.05, 3.63) is 138 Å². The molecular formula is C53H61BN8O9. The van der Waals surface area contributed by atoms with E-state index >= 15 is 0 Å². The van der Waals surface area contributed by atoms with Gasteiger partial charge in [0.2, 0.25) is 5.91 Å². The molecule has 3 atom stereocenters. The molecule has 0 saturated carbocycles. The number of carbonyl (C=O) groups is 3. The summed E-state index contributed by atoms with van der Waals surface area (Å²) in [4.78, 5) is 51.2. The number of phenols is 2. The third kappa shape index (κ3) is 11.0. The molecule has 4 heterocycles. The standard InChI is InChI=1S/C53H61BN8O9/c1-32(2)27-46(58-48(65)42(28-34-11-9-8-10-12-34)57-49(66)43-31-55-23-24-56-43)54-70-52(5,6)53(7,71-54)36-15-13-35(14-16-36)50(67)61-25-21-39(22-26-61)69-38-19-17-37(18-20-38)62-47(59-60-51(62)68)41-29-40(33(3)4)44(63)30-45(41)64/h8-20,23-24,29-33,39,42,46,63-64H,21-22,25-28H2,1-7H3,(H,57,66)(H,58,65)(H,60,68)/t42-,46-,53?/m0/s1. The fourth-order valence-electron chi connectivity index (χ4n) is 9.20. The molecule has 5 N–H and O–H groups in total.